The Balaban J connectivity index is 1.62. The van der Waals surface area contributed by atoms with Crippen LogP contribution < -0.4 is 4.90 Å². The Morgan fingerprint density at radius 2 is 1.96 bits per heavy atom. The second-order valence-corrected chi connectivity index (χ2v) is 7.08. The van der Waals surface area contributed by atoms with Gasteiger partial charge in [-0.2, -0.15) is 0 Å². The second kappa shape index (κ2) is 9.30. The first-order chi connectivity index (χ1) is 13.5. The van der Waals surface area contributed by atoms with Crippen molar-refractivity contribution in [2.75, 3.05) is 4.90 Å². The van der Waals surface area contributed by atoms with Crippen molar-refractivity contribution in [2.24, 2.45) is 0 Å². The van der Waals surface area contributed by atoms with E-state index in [-0.39, 0.29) is 12.5 Å². The van der Waals surface area contributed by atoms with Crippen molar-refractivity contribution in [3.05, 3.63) is 82.3 Å². The number of hydrogen-bond donors (Lipinski definition) is 0. The Morgan fingerprint density at radius 3 is 2.68 bits per heavy atom. The predicted molar refractivity (Wildman–Crippen MR) is 112 cm³/mol. The smallest absolute Gasteiger partial charge is 0.331 e. The fourth-order valence-electron chi connectivity index (χ4n) is 2.44. The summed E-state index contributed by atoms with van der Waals surface area (Å²) >= 11 is 7.22. The van der Waals surface area contributed by atoms with Crippen LogP contribution in [0.2, 0.25) is 5.02 Å². The molecule has 0 saturated heterocycles. The summed E-state index contributed by atoms with van der Waals surface area (Å²) in [6.45, 7) is 1.50. The van der Waals surface area contributed by atoms with Gasteiger partial charge in [0.1, 0.15) is 6.61 Å². The summed E-state index contributed by atoms with van der Waals surface area (Å²) in [5.74, 6) is -0.630. The lowest BCUT2D eigenvalue weighted by Crippen LogP contribution is -2.22. The molecule has 0 spiro atoms. The number of anilines is 2. The highest BCUT2D eigenvalue weighted by atomic mass is 35.5. The molecule has 0 aliphatic heterocycles. The van der Waals surface area contributed by atoms with Gasteiger partial charge in [0.2, 0.25) is 5.91 Å². The minimum absolute atomic E-state index is 0.0236. The van der Waals surface area contributed by atoms with Crippen molar-refractivity contribution in [3.8, 4) is 0 Å². The predicted octanol–water partition coefficient (Wildman–Crippen LogP) is 5.24. The van der Waals surface area contributed by atoms with Crippen LogP contribution >= 0.6 is 22.9 Å². The maximum atomic E-state index is 12.1. The monoisotopic (exact) mass is 412 g/mol. The van der Waals surface area contributed by atoms with E-state index in [2.05, 4.69) is 4.98 Å². The molecule has 0 saturated carbocycles. The number of halogens is 1. The molecule has 142 valence electrons. The zero-order chi connectivity index (χ0) is 19.9. The highest BCUT2D eigenvalue weighted by molar-refractivity contribution is 7.14. The van der Waals surface area contributed by atoms with Gasteiger partial charge in [-0.1, -0.05) is 41.9 Å². The number of thiazole rings is 1. The lowest BCUT2D eigenvalue weighted by Gasteiger charge is -2.17. The fraction of sp³-hybridized carbons (Fsp3) is 0.0952. The Morgan fingerprint density at radius 1 is 1.18 bits per heavy atom. The van der Waals surface area contributed by atoms with E-state index in [1.54, 1.807) is 29.7 Å². The molecule has 3 rings (SSSR count). The molecule has 0 N–H and O–H groups in total. The van der Waals surface area contributed by atoms with Gasteiger partial charge >= 0.3 is 5.97 Å². The van der Waals surface area contributed by atoms with Crippen molar-refractivity contribution in [1.82, 2.24) is 4.98 Å². The maximum Gasteiger partial charge on any atom is 0.331 e. The molecule has 1 aromatic heterocycles. The van der Waals surface area contributed by atoms with Crippen LogP contribution in [0.15, 0.2) is 66.1 Å². The number of esters is 1. The molecule has 0 aliphatic rings. The quantitative estimate of drug-likeness (QED) is 0.410. The van der Waals surface area contributed by atoms with Gasteiger partial charge in [0.25, 0.3) is 0 Å². The topological polar surface area (TPSA) is 59.5 Å². The van der Waals surface area contributed by atoms with Gasteiger partial charge in [-0.15, -0.1) is 11.3 Å². The molecular weight excluding hydrogens is 396 g/mol. The summed E-state index contributed by atoms with van der Waals surface area (Å²) in [5.41, 5.74) is 2.12. The van der Waals surface area contributed by atoms with Gasteiger partial charge in [0, 0.05) is 23.4 Å². The zero-order valence-electron chi connectivity index (χ0n) is 15.0. The normalized spacial score (nSPS) is 10.8. The van der Waals surface area contributed by atoms with Crippen LogP contribution in [0.3, 0.4) is 0 Å². The highest BCUT2D eigenvalue weighted by Crippen LogP contribution is 2.28. The summed E-state index contributed by atoms with van der Waals surface area (Å²) < 4.78 is 5.22. The van der Waals surface area contributed by atoms with Gasteiger partial charge in [-0.3, -0.25) is 9.69 Å². The summed E-state index contributed by atoms with van der Waals surface area (Å²) in [4.78, 5) is 29.9. The first-order valence-corrected chi connectivity index (χ1v) is 9.69. The van der Waals surface area contributed by atoms with E-state index >= 15 is 0 Å². The number of nitrogens with zero attached hydrogens (tertiary/aromatic N) is 2. The van der Waals surface area contributed by atoms with Crippen molar-refractivity contribution in [1.29, 1.82) is 0 Å². The minimum Gasteiger partial charge on any atom is -0.456 e. The molecule has 28 heavy (non-hydrogen) atoms. The lowest BCUT2D eigenvalue weighted by molar-refractivity contribution is -0.139. The van der Waals surface area contributed by atoms with Crippen LogP contribution in [0.4, 0.5) is 10.8 Å². The van der Waals surface area contributed by atoms with Crippen molar-refractivity contribution in [2.45, 2.75) is 13.5 Å². The van der Waals surface area contributed by atoms with E-state index in [1.807, 2.05) is 36.4 Å². The SMILES string of the molecule is CC(=O)N(c1ccccc1)c1nc(COC(=O)/C=C/c2cccc(Cl)c2)cs1. The van der Waals surface area contributed by atoms with Crippen molar-refractivity contribution < 1.29 is 14.3 Å². The lowest BCUT2D eigenvalue weighted by atomic mass is 10.2. The molecule has 1 amide bonds. The highest BCUT2D eigenvalue weighted by Gasteiger charge is 2.17. The Hall–Kier alpha value is -2.96. The number of benzene rings is 2. The summed E-state index contributed by atoms with van der Waals surface area (Å²) in [7, 11) is 0. The molecule has 0 unspecified atom stereocenters. The molecule has 0 atom stereocenters. The van der Waals surface area contributed by atoms with Crippen molar-refractivity contribution in [3.63, 3.8) is 0 Å². The van der Waals surface area contributed by atoms with E-state index in [1.165, 1.54) is 29.2 Å². The molecule has 0 aliphatic carbocycles. The minimum atomic E-state index is -0.485. The molecular formula is C21H17ClN2O3S. The Bertz CT molecular complexity index is 1000. The average Bonchev–Trinajstić information content (AvgIpc) is 3.14. The molecule has 0 fully saturated rings. The van der Waals surface area contributed by atoms with Crippen LogP contribution in [-0.2, 0) is 20.9 Å². The van der Waals surface area contributed by atoms with E-state index in [4.69, 9.17) is 16.3 Å². The third-order valence-electron chi connectivity index (χ3n) is 3.68. The van der Waals surface area contributed by atoms with Gasteiger partial charge in [0.05, 0.1) is 11.4 Å². The Labute approximate surface area is 171 Å². The summed E-state index contributed by atoms with van der Waals surface area (Å²) in [6.07, 6.45) is 2.97. The molecule has 0 bridgehead atoms. The number of carbonyl (C=O) groups is 2. The summed E-state index contributed by atoms with van der Waals surface area (Å²) in [5, 5.41) is 2.89. The Kier molecular flexibility index (Phi) is 6.57. The van der Waals surface area contributed by atoms with E-state index < -0.39 is 5.97 Å². The number of hydrogen-bond acceptors (Lipinski definition) is 5. The standard InChI is InChI=1S/C21H17ClN2O3S/c1-15(25)24(19-8-3-2-4-9-19)21-23-18(14-28-21)13-27-20(26)11-10-16-6-5-7-17(22)12-16/h2-12,14H,13H2,1H3/b11-10+. The van der Waals surface area contributed by atoms with Gasteiger partial charge in [0.15, 0.2) is 5.13 Å². The molecule has 5 nitrogen and oxygen atoms in total. The molecule has 2 aromatic carbocycles. The first-order valence-electron chi connectivity index (χ1n) is 8.43. The molecule has 1 heterocycles. The number of para-hydroxylation sites is 1. The molecule has 3 aromatic rings. The number of carbonyl (C=O) groups excluding carboxylic acids is 2. The van der Waals surface area contributed by atoms with E-state index in [0.29, 0.717) is 15.8 Å². The summed E-state index contributed by atoms with van der Waals surface area (Å²) in [6, 6.07) is 16.4. The average molecular weight is 413 g/mol. The first kappa shape index (κ1) is 19.8. The van der Waals surface area contributed by atoms with Crippen LogP contribution in [-0.4, -0.2) is 16.9 Å². The van der Waals surface area contributed by atoms with E-state index in [9.17, 15) is 9.59 Å². The number of amides is 1. The largest absolute Gasteiger partial charge is 0.456 e. The third kappa shape index (κ3) is 5.28. The van der Waals surface area contributed by atoms with Gasteiger partial charge in [-0.05, 0) is 35.9 Å². The number of rotatable bonds is 6. The van der Waals surface area contributed by atoms with Gasteiger partial charge in [-0.25, -0.2) is 9.78 Å². The third-order valence-corrected chi connectivity index (χ3v) is 4.79. The van der Waals surface area contributed by atoms with Crippen LogP contribution in [0.5, 0.6) is 0 Å². The fourth-order valence-corrected chi connectivity index (χ4v) is 3.51. The molecule has 7 heteroatoms. The number of aromatic nitrogens is 1. The number of ether oxygens (including phenoxy) is 1. The van der Waals surface area contributed by atoms with E-state index in [0.717, 1.165) is 11.3 Å². The van der Waals surface area contributed by atoms with Crippen LogP contribution in [0.1, 0.15) is 18.2 Å². The second-order valence-electron chi connectivity index (χ2n) is 5.81. The van der Waals surface area contributed by atoms with Gasteiger partial charge < -0.3 is 4.74 Å². The van der Waals surface area contributed by atoms with Crippen LogP contribution in [0, 0.1) is 0 Å². The molecule has 0 radical (unpaired) electrons. The maximum absolute atomic E-state index is 12.1. The van der Waals surface area contributed by atoms with Crippen molar-refractivity contribution >= 4 is 51.7 Å². The van der Waals surface area contributed by atoms with Crippen LogP contribution in [0.25, 0.3) is 6.08 Å². The zero-order valence-corrected chi connectivity index (χ0v) is 16.6.